The third kappa shape index (κ3) is 3.09. The number of carbonyl (C=O) groups excluding carboxylic acids is 1. The van der Waals surface area contributed by atoms with E-state index in [0.29, 0.717) is 25.0 Å². The molecular weight excluding hydrogens is 256 g/mol. The first-order valence-electron chi connectivity index (χ1n) is 7.89. The Bertz CT molecular complexity index is 364. The number of carbonyl (C=O) groups is 1. The minimum absolute atomic E-state index is 0.0745. The monoisotopic (exact) mass is 282 g/mol. The quantitative estimate of drug-likeness (QED) is 0.839. The second-order valence-corrected chi connectivity index (χ2v) is 6.68. The van der Waals surface area contributed by atoms with E-state index in [4.69, 9.17) is 9.47 Å². The lowest BCUT2D eigenvalue weighted by molar-refractivity contribution is -0.175. The molecule has 1 spiro atoms. The predicted octanol–water partition coefficient (Wildman–Crippen LogP) is 1.76. The van der Waals surface area contributed by atoms with Gasteiger partial charge in [-0.05, 0) is 32.6 Å². The van der Waals surface area contributed by atoms with Crippen LogP contribution in [-0.4, -0.2) is 55.0 Å². The number of morpholine rings is 1. The van der Waals surface area contributed by atoms with E-state index in [9.17, 15) is 4.79 Å². The summed E-state index contributed by atoms with van der Waals surface area (Å²) in [5.74, 6) is 0.689. The van der Waals surface area contributed by atoms with E-state index < -0.39 is 0 Å². The highest BCUT2D eigenvalue weighted by atomic mass is 16.5. The minimum Gasteiger partial charge on any atom is -0.381 e. The third-order valence-electron chi connectivity index (χ3n) is 4.78. The number of nitrogens with zero attached hydrogens (tertiary/aromatic N) is 1. The number of amides is 2. The second kappa shape index (κ2) is 5.53. The molecule has 2 atom stereocenters. The van der Waals surface area contributed by atoms with Crippen molar-refractivity contribution in [2.24, 2.45) is 5.92 Å². The van der Waals surface area contributed by atoms with Crippen LogP contribution >= 0.6 is 0 Å². The number of hydrogen-bond acceptors (Lipinski definition) is 3. The van der Waals surface area contributed by atoms with Crippen LogP contribution in [0.15, 0.2) is 0 Å². The summed E-state index contributed by atoms with van der Waals surface area (Å²) in [7, 11) is 0. The molecule has 5 heteroatoms. The summed E-state index contributed by atoms with van der Waals surface area (Å²) in [5.41, 5.74) is -0.184. The van der Waals surface area contributed by atoms with Gasteiger partial charge in [0.1, 0.15) is 0 Å². The maximum atomic E-state index is 12.4. The van der Waals surface area contributed by atoms with Gasteiger partial charge in [-0.2, -0.15) is 0 Å². The average molecular weight is 282 g/mol. The molecule has 2 amide bonds. The van der Waals surface area contributed by atoms with Crippen molar-refractivity contribution in [1.82, 2.24) is 10.2 Å². The van der Waals surface area contributed by atoms with Gasteiger partial charge < -0.3 is 19.7 Å². The van der Waals surface area contributed by atoms with Gasteiger partial charge in [0, 0.05) is 38.6 Å². The molecule has 1 aliphatic carbocycles. The average Bonchev–Trinajstić information content (AvgIpc) is 3.22. The van der Waals surface area contributed by atoms with Crippen molar-refractivity contribution in [3.63, 3.8) is 0 Å². The van der Waals surface area contributed by atoms with Gasteiger partial charge in [-0.3, -0.25) is 0 Å². The van der Waals surface area contributed by atoms with Crippen molar-refractivity contribution < 1.29 is 14.3 Å². The fourth-order valence-corrected chi connectivity index (χ4v) is 3.40. The molecule has 1 unspecified atom stereocenters. The SMILES string of the molecule is CC1CN(C(=O)N[C@H](C)C2CC2)CC2(CCOCC2)O1. The Morgan fingerprint density at radius 3 is 2.70 bits per heavy atom. The maximum absolute atomic E-state index is 12.4. The number of nitrogens with one attached hydrogen (secondary N) is 1. The largest absolute Gasteiger partial charge is 0.381 e. The van der Waals surface area contributed by atoms with Crippen LogP contribution < -0.4 is 5.32 Å². The van der Waals surface area contributed by atoms with Gasteiger partial charge in [-0.1, -0.05) is 0 Å². The smallest absolute Gasteiger partial charge is 0.317 e. The van der Waals surface area contributed by atoms with E-state index in [-0.39, 0.29) is 17.7 Å². The molecule has 3 aliphatic rings. The Balaban J connectivity index is 1.61. The fraction of sp³-hybridized carbons (Fsp3) is 0.933. The molecule has 20 heavy (non-hydrogen) atoms. The molecule has 1 saturated carbocycles. The van der Waals surface area contributed by atoms with E-state index in [1.807, 2.05) is 4.90 Å². The van der Waals surface area contributed by atoms with Gasteiger partial charge >= 0.3 is 6.03 Å². The standard InChI is InChI=1S/C15H26N2O3/c1-11-9-17(14(18)16-12(2)13-3-4-13)10-15(20-11)5-7-19-8-6-15/h11-13H,3-10H2,1-2H3,(H,16,18)/t11?,12-/m1/s1. The molecule has 2 aliphatic heterocycles. The minimum atomic E-state index is -0.184. The third-order valence-corrected chi connectivity index (χ3v) is 4.78. The lowest BCUT2D eigenvalue weighted by Gasteiger charge is -2.47. The molecule has 0 aromatic carbocycles. The van der Waals surface area contributed by atoms with Crippen LogP contribution in [0.3, 0.4) is 0 Å². The summed E-state index contributed by atoms with van der Waals surface area (Å²) >= 11 is 0. The number of ether oxygens (including phenoxy) is 2. The first-order valence-corrected chi connectivity index (χ1v) is 7.89. The van der Waals surface area contributed by atoms with E-state index in [0.717, 1.165) is 26.1 Å². The van der Waals surface area contributed by atoms with Crippen molar-refractivity contribution in [1.29, 1.82) is 0 Å². The summed E-state index contributed by atoms with van der Waals surface area (Å²) in [4.78, 5) is 14.4. The number of hydrogen-bond donors (Lipinski definition) is 1. The zero-order valence-corrected chi connectivity index (χ0v) is 12.6. The number of rotatable bonds is 2. The van der Waals surface area contributed by atoms with Crippen molar-refractivity contribution in [3.8, 4) is 0 Å². The zero-order chi connectivity index (χ0) is 14.2. The van der Waals surface area contributed by atoms with Crippen LogP contribution in [-0.2, 0) is 9.47 Å². The summed E-state index contributed by atoms with van der Waals surface area (Å²) in [6.45, 7) is 7.03. The summed E-state index contributed by atoms with van der Waals surface area (Å²) < 4.78 is 11.6. The summed E-state index contributed by atoms with van der Waals surface area (Å²) in [5, 5.41) is 3.15. The summed E-state index contributed by atoms with van der Waals surface area (Å²) in [6.07, 6.45) is 4.38. The van der Waals surface area contributed by atoms with Crippen molar-refractivity contribution >= 4 is 6.03 Å². The summed E-state index contributed by atoms with van der Waals surface area (Å²) in [6, 6.07) is 0.372. The highest BCUT2D eigenvalue weighted by molar-refractivity contribution is 5.74. The molecule has 0 bridgehead atoms. The molecule has 3 fully saturated rings. The van der Waals surface area contributed by atoms with Crippen LogP contribution in [0.1, 0.15) is 39.5 Å². The molecule has 0 aromatic rings. The van der Waals surface area contributed by atoms with E-state index in [1.54, 1.807) is 0 Å². The zero-order valence-electron chi connectivity index (χ0n) is 12.6. The molecule has 0 radical (unpaired) electrons. The number of urea groups is 1. The second-order valence-electron chi connectivity index (χ2n) is 6.68. The molecule has 3 rings (SSSR count). The van der Waals surface area contributed by atoms with Crippen LogP contribution in [0.25, 0.3) is 0 Å². The first kappa shape index (κ1) is 14.1. The normalized spacial score (nSPS) is 31.1. The Hall–Kier alpha value is -0.810. The highest BCUT2D eigenvalue weighted by Gasteiger charge is 2.42. The fourth-order valence-electron chi connectivity index (χ4n) is 3.40. The Morgan fingerprint density at radius 2 is 2.05 bits per heavy atom. The van der Waals surface area contributed by atoms with E-state index in [1.165, 1.54) is 12.8 Å². The maximum Gasteiger partial charge on any atom is 0.317 e. The van der Waals surface area contributed by atoms with Crippen LogP contribution in [0.4, 0.5) is 4.79 Å². The van der Waals surface area contributed by atoms with Crippen LogP contribution in [0.2, 0.25) is 0 Å². The Morgan fingerprint density at radius 1 is 1.35 bits per heavy atom. The molecule has 0 aromatic heterocycles. The van der Waals surface area contributed by atoms with Gasteiger partial charge in [0.15, 0.2) is 0 Å². The van der Waals surface area contributed by atoms with Crippen molar-refractivity contribution in [2.45, 2.75) is 57.3 Å². The molecule has 5 nitrogen and oxygen atoms in total. The van der Waals surface area contributed by atoms with Gasteiger partial charge in [-0.15, -0.1) is 0 Å². The Labute approximate surface area is 121 Å². The predicted molar refractivity (Wildman–Crippen MR) is 75.6 cm³/mol. The van der Waals surface area contributed by atoms with Gasteiger partial charge in [0.25, 0.3) is 0 Å². The van der Waals surface area contributed by atoms with Crippen LogP contribution in [0, 0.1) is 5.92 Å². The molecular formula is C15H26N2O3. The Kier molecular flexibility index (Phi) is 3.91. The lowest BCUT2D eigenvalue weighted by Crippen LogP contribution is -2.60. The first-order chi connectivity index (χ1) is 9.58. The van der Waals surface area contributed by atoms with Crippen molar-refractivity contribution in [2.75, 3.05) is 26.3 Å². The topological polar surface area (TPSA) is 50.8 Å². The molecule has 2 saturated heterocycles. The van der Waals surface area contributed by atoms with Gasteiger partial charge in [0.2, 0.25) is 0 Å². The van der Waals surface area contributed by atoms with Crippen LogP contribution in [0.5, 0.6) is 0 Å². The highest BCUT2D eigenvalue weighted by Crippen LogP contribution is 2.33. The van der Waals surface area contributed by atoms with E-state index >= 15 is 0 Å². The van der Waals surface area contributed by atoms with Gasteiger partial charge in [-0.25, -0.2) is 4.79 Å². The molecule has 1 N–H and O–H groups in total. The van der Waals surface area contributed by atoms with E-state index in [2.05, 4.69) is 19.2 Å². The molecule has 2 heterocycles. The van der Waals surface area contributed by atoms with Crippen molar-refractivity contribution in [3.05, 3.63) is 0 Å². The van der Waals surface area contributed by atoms with Gasteiger partial charge in [0.05, 0.1) is 18.2 Å². The molecule has 114 valence electrons. The lowest BCUT2D eigenvalue weighted by atomic mass is 9.91.